The van der Waals surface area contributed by atoms with Gasteiger partial charge in [0.25, 0.3) is 5.91 Å². The molecule has 28 heavy (non-hydrogen) atoms. The van der Waals surface area contributed by atoms with E-state index < -0.39 is 0 Å². The lowest BCUT2D eigenvalue weighted by Gasteiger charge is -2.08. The number of benzene rings is 2. The van der Waals surface area contributed by atoms with Crippen LogP contribution >= 0.6 is 0 Å². The van der Waals surface area contributed by atoms with Crippen molar-refractivity contribution in [2.45, 2.75) is 52.4 Å². The first-order valence-electron chi connectivity index (χ1n) is 9.96. The third-order valence-corrected chi connectivity index (χ3v) is 4.35. The number of amides is 2. The van der Waals surface area contributed by atoms with Gasteiger partial charge in [-0.3, -0.25) is 9.59 Å². The smallest absolute Gasteiger partial charge is 0.271 e. The molecule has 148 valence electrons. The molecule has 2 aromatic rings. The molecule has 2 N–H and O–H groups in total. The quantitative estimate of drug-likeness (QED) is 0.443. The topological polar surface area (TPSA) is 70.6 Å². The van der Waals surface area contributed by atoms with E-state index in [1.165, 1.54) is 0 Å². The Morgan fingerprint density at radius 2 is 1.46 bits per heavy atom. The van der Waals surface area contributed by atoms with Crippen molar-refractivity contribution in [1.82, 2.24) is 5.43 Å². The minimum absolute atomic E-state index is 0.00733. The van der Waals surface area contributed by atoms with Gasteiger partial charge in [-0.25, -0.2) is 5.43 Å². The second-order valence-corrected chi connectivity index (χ2v) is 6.70. The maximum absolute atomic E-state index is 12.4. The summed E-state index contributed by atoms with van der Waals surface area (Å²) in [7, 11) is 0. The van der Waals surface area contributed by atoms with Crippen LogP contribution in [-0.2, 0) is 4.79 Å². The molecule has 0 heterocycles. The van der Waals surface area contributed by atoms with Gasteiger partial charge in [-0.1, -0.05) is 57.0 Å². The first-order chi connectivity index (χ1) is 13.6. The summed E-state index contributed by atoms with van der Waals surface area (Å²) in [6.45, 7) is 4.18. The minimum atomic E-state index is -0.270. The van der Waals surface area contributed by atoms with Crippen LogP contribution in [0.5, 0.6) is 0 Å². The molecule has 0 saturated carbocycles. The number of anilines is 1. The van der Waals surface area contributed by atoms with E-state index in [1.807, 2.05) is 30.3 Å². The summed E-state index contributed by atoms with van der Waals surface area (Å²) in [5.41, 5.74) is 5.73. The van der Waals surface area contributed by atoms with Gasteiger partial charge < -0.3 is 5.32 Å². The highest BCUT2D eigenvalue weighted by molar-refractivity contribution is 6.02. The number of hydrogen-bond donors (Lipinski definition) is 2. The predicted octanol–water partition coefficient (Wildman–Crippen LogP) is 5.14. The lowest BCUT2D eigenvalue weighted by atomic mass is 10.1. The molecule has 0 aliphatic carbocycles. The highest BCUT2D eigenvalue weighted by Gasteiger charge is 2.08. The van der Waals surface area contributed by atoms with Crippen molar-refractivity contribution < 1.29 is 9.59 Å². The van der Waals surface area contributed by atoms with Crippen molar-refractivity contribution in [2.24, 2.45) is 5.10 Å². The molecule has 0 aromatic heterocycles. The first kappa shape index (κ1) is 21.4. The van der Waals surface area contributed by atoms with E-state index in [0.717, 1.165) is 43.4 Å². The van der Waals surface area contributed by atoms with Crippen LogP contribution < -0.4 is 10.7 Å². The van der Waals surface area contributed by atoms with Crippen LogP contribution in [-0.4, -0.2) is 17.5 Å². The zero-order chi connectivity index (χ0) is 20.2. The van der Waals surface area contributed by atoms with Gasteiger partial charge in [0.2, 0.25) is 5.91 Å². The molecule has 0 fully saturated rings. The van der Waals surface area contributed by atoms with E-state index in [-0.39, 0.29) is 11.8 Å². The zero-order valence-electron chi connectivity index (χ0n) is 16.7. The van der Waals surface area contributed by atoms with Gasteiger partial charge in [0.15, 0.2) is 0 Å². The molecule has 2 amide bonds. The van der Waals surface area contributed by atoms with Gasteiger partial charge in [-0.05, 0) is 49.1 Å². The molecular formula is C23H29N3O2. The molecule has 0 aliphatic heterocycles. The number of nitrogens with one attached hydrogen (secondary N) is 2. The SMILES string of the molecule is CCCCC(=O)Nc1ccc(C(=O)N/N=C(\CCCC)c2ccccc2)cc1. The van der Waals surface area contributed by atoms with Crippen LogP contribution in [0.15, 0.2) is 59.7 Å². The van der Waals surface area contributed by atoms with Gasteiger partial charge in [0.05, 0.1) is 5.71 Å². The van der Waals surface area contributed by atoms with Crippen molar-refractivity contribution in [3.63, 3.8) is 0 Å². The van der Waals surface area contributed by atoms with E-state index in [2.05, 4.69) is 29.7 Å². The molecule has 0 atom stereocenters. The highest BCUT2D eigenvalue weighted by Crippen LogP contribution is 2.12. The van der Waals surface area contributed by atoms with Crippen molar-refractivity contribution in [3.05, 3.63) is 65.7 Å². The first-order valence-corrected chi connectivity index (χ1v) is 9.96. The van der Waals surface area contributed by atoms with Gasteiger partial charge in [0, 0.05) is 17.7 Å². The average molecular weight is 380 g/mol. The van der Waals surface area contributed by atoms with Crippen molar-refractivity contribution in [3.8, 4) is 0 Å². The molecular weight excluding hydrogens is 350 g/mol. The Labute approximate surface area is 167 Å². The average Bonchev–Trinajstić information content (AvgIpc) is 2.73. The Hall–Kier alpha value is -2.95. The predicted molar refractivity (Wildman–Crippen MR) is 115 cm³/mol. The summed E-state index contributed by atoms with van der Waals surface area (Å²) in [6.07, 6.45) is 5.24. The maximum Gasteiger partial charge on any atom is 0.271 e. The van der Waals surface area contributed by atoms with Crippen LogP contribution in [0.2, 0.25) is 0 Å². The Kier molecular flexibility index (Phi) is 8.92. The van der Waals surface area contributed by atoms with Crippen molar-refractivity contribution in [2.75, 3.05) is 5.32 Å². The van der Waals surface area contributed by atoms with E-state index in [9.17, 15) is 9.59 Å². The summed E-state index contributed by atoms with van der Waals surface area (Å²) in [6, 6.07) is 16.7. The van der Waals surface area contributed by atoms with Crippen molar-refractivity contribution in [1.29, 1.82) is 0 Å². The molecule has 0 bridgehead atoms. The number of nitrogens with zero attached hydrogens (tertiary/aromatic N) is 1. The number of rotatable bonds is 10. The van der Waals surface area contributed by atoms with E-state index in [4.69, 9.17) is 0 Å². The molecule has 5 heteroatoms. The van der Waals surface area contributed by atoms with Gasteiger partial charge in [0.1, 0.15) is 0 Å². The fourth-order valence-corrected chi connectivity index (χ4v) is 2.69. The maximum atomic E-state index is 12.4. The minimum Gasteiger partial charge on any atom is -0.326 e. The van der Waals surface area contributed by atoms with E-state index >= 15 is 0 Å². The molecule has 0 spiro atoms. The summed E-state index contributed by atoms with van der Waals surface area (Å²) >= 11 is 0. The van der Waals surface area contributed by atoms with Crippen LogP contribution in [0.1, 0.15) is 68.3 Å². The third kappa shape index (κ3) is 6.99. The molecule has 0 saturated heterocycles. The normalized spacial score (nSPS) is 11.1. The highest BCUT2D eigenvalue weighted by atomic mass is 16.2. The Bertz CT molecular complexity index is 783. The van der Waals surface area contributed by atoms with E-state index in [1.54, 1.807) is 24.3 Å². The van der Waals surface area contributed by atoms with Crippen LogP contribution in [0.3, 0.4) is 0 Å². The van der Waals surface area contributed by atoms with Gasteiger partial charge >= 0.3 is 0 Å². The number of carbonyl (C=O) groups excluding carboxylic acids is 2. The van der Waals surface area contributed by atoms with Crippen LogP contribution in [0.4, 0.5) is 5.69 Å². The molecule has 0 radical (unpaired) electrons. The number of hydrazone groups is 1. The molecule has 2 rings (SSSR count). The largest absolute Gasteiger partial charge is 0.326 e. The van der Waals surface area contributed by atoms with Gasteiger partial charge in [-0.15, -0.1) is 0 Å². The Morgan fingerprint density at radius 3 is 2.11 bits per heavy atom. The molecule has 5 nitrogen and oxygen atoms in total. The second kappa shape index (κ2) is 11.7. The summed E-state index contributed by atoms with van der Waals surface area (Å²) < 4.78 is 0. The summed E-state index contributed by atoms with van der Waals surface area (Å²) in [5, 5.41) is 7.20. The third-order valence-electron chi connectivity index (χ3n) is 4.35. The number of unbranched alkanes of at least 4 members (excludes halogenated alkanes) is 2. The molecule has 0 aliphatic rings. The van der Waals surface area contributed by atoms with Crippen LogP contribution in [0.25, 0.3) is 0 Å². The number of carbonyl (C=O) groups is 2. The lowest BCUT2D eigenvalue weighted by molar-refractivity contribution is -0.116. The molecule has 0 unspecified atom stereocenters. The Balaban J connectivity index is 2.00. The summed E-state index contributed by atoms with van der Waals surface area (Å²) in [5.74, 6) is -0.277. The van der Waals surface area contributed by atoms with Crippen molar-refractivity contribution >= 4 is 23.2 Å². The fourth-order valence-electron chi connectivity index (χ4n) is 2.69. The fraction of sp³-hybridized carbons (Fsp3) is 0.348. The standard InChI is InChI=1S/C23H29N3O2/c1-3-5-12-21(18-10-8-7-9-11-18)25-26-23(28)19-14-16-20(17-15-19)24-22(27)13-6-4-2/h7-11,14-17H,3-6,12-13H2,1-2H3,(H,24,27)(H,26,28)/b25-21+. The van der Waals surface area contributed by atoms with Crippen LogP contribution in [0, 0.1) is 0 Å². The molecule has 2 aromatic carbocycles. The second-order valence-electron chi connectivity index (χ2n) is 6.70. The summed E-state index contributed by atoms with van der Waals surface area (Å²) in [4.78, 5) is 24.2. The van der Waals surface area contributed by atoms with Gasteiger partial charge in [-0.2, -0.15) is 5.10 Å². The zero-order valence-corrected chi connectivity index (χ0v) is 16.7. The Morgan fingerprint density at radius 1 is 0.821 bits per heavy atom. The van der Waals surface area contributed by atoms with E-state index in [0.29, 0.717) is 17.7 Å². The number of hydrogen-bond acceptors (Lipinski definition) is 3. The lowest BCUT2D eigenvalue weighted by Crippen LogP contribution is -2.20. The monoisotopic (exact) mass is 379 g/mol.